The van der Waals surface area contributed by atoms with Crippen LogP contribution in [0.15, 0.2) is 17.5 Å². The molecule has 1 atom stereocenters. The van der Waals surface area contributed by atoms with Crippen LogP contribution in [0, 0.1) is 0 Å². The first kappa shape index (κ1) is 14.5. The molecule has 0 bridgehead atoms. The highest BCUT2D eigenvalue weighted by Crippen LogP contribution is 2.22. The van der Waals surface area contributed by atoms with Crippen molar-refractivity contribution in [1.82, 2.24) is 15.0 Å². The lowest BCUT2D eigenvalue weighted by atomic mass is 10.3. The van der Waals surface area contributed by atoms with Gasteiger partial charge in [-0.15, -0.1) is 11.3 Å². The molecule has 1 unspecified atom stereocenters. The number of nitrogens with two attached hydrogens (primary N) is 1. The molecule has 0 saturated carbocycles. The van der Waals surface area contributed by atoms with Gasteiger partial charge >= 0.3 is 6.01 Å². The zero-order chi connectivity index (χ0) is 14.4. The van der Waals surface area contributed by atoms with Gasteiger partial charge in [-0.2, -0.15) is 15.0 Å². The third-order valence-corrected chi connectivity index (χ3v) is 3.55. The van der Waals surface area contributed by atoms with E-state index in [1.807, 2.05) is 25.3 Å². The zero-order valence-electron chi connectivity index (χ0n) is 11.5. The lowest BCUT2D eigenvalue weighted by Gasteiger charge is -2.13. The van der Waals surface area contributed by atoms with Crippen molar-refractivity contribution in [2.75, 3.05) is 17.3 Å². The molecule has 20 heavy (non-hydrogen) atoms. The summed E-state index contributed by atoms with van der Waals surface area (Å²) in [4.78, 5) is 13.6. The maximum atomic E-state index is 5.42. The number of nitrogens with zero attached hydrogens (tertiary/aromatic N) is 3. The van der Waals surface area contributed by atoms with E-state index in [1.165, 1.54) is 4.88 Å². The van der Waals surface area contributed by atoms with Gasteiger partial charge in [0.05, 0.1) is 12.6 Å². The summed E-state index contributed by atoms with van der Waals surface area (Å²) < 4.78 is 5.42. The largest absolute Gasteiger partial charge is 0.463 e. The summed E-state index contributed by atoms with van der Waals surface area (Å²) in [6, 6.07) is 4.42. The normalized spacial score (nSPS) is 11.9. The van der Waals surface area contributed by atoms with E-state index in [2.05, 4.69) is 31.8 Å². The number of hydrazine groups is 1. The van der Waals surface area contributed by atoms with E-state index >= 15 is 0 Å². The predicted molar refractivity (Wildman–Crippen MR) is 79.8 cm³/mol. The summed E-state index contributed by atoms with van der Waals surface area (Å²) in [7, 11) is 0. The van der Waals surface area contributed by atoms with Gasteiger partial charge in [0.1, 0.15) is 0 Å². The van der Waals surface area contributed by atoms with Gasteiger partial charge in [-0.05, 0) is 24.8 Å². The molecule has 2 aromatic heterocycles. The van der Waals surface area contributed by atoms with Crippen molar-refractivity contribution in [2.45, 2.75) is 26.3 Å². The van der Waals surface area contributed by atoms with Crippen molar-refractivity contribution in [1.29, 1.82) is 0 Å². The van der Waals surface area contributed by atoms with Gasteiger partial charge in [0, 0.05) is 4.88 Å². The number of ether oxygens (including phenoxy) is 1. The Morgan fingerprint density at radius 1 is 1.35 bits per heavy atom. The quantitative estimate of drug-likeness (QED) is 0.532. The topological polar surface area (TPSA) is 98.0 Å². The number of anilines is 2. The second kappa shape index (κ2) is 7.01. The van der Waals surface area contributed by atoms with E-state index in [1.54, 1.807) is 11.3 Å². The lowest BCUT2D eigenvalue weighted by molar-refractivity contribution is 0.292. The smallest absolute Gasteiger partial charge is 0.323 e. The summed E-state index contributed by atoms with van der Waals surface area (Å²) in [6.45, 7) is 4.60. The standard InChI is InChI=1S/C12H18N6OS/c1-3-6-19-12-16-10(15-11(17-12)18-13)14-8(2)9-5-4-7-20-9/h4-5,7-8H,3,6,13H2,1-2H3,(H2,14,15,16,17,18). The van der Waals surface area contributed by atoms with Crippen LogP contribution in [-0.2, 0) is 0 Å². The van der Waals surface area contributed by atoms with Crippen molar-refractivity contribution >= 4 is 23.2 Å². The zero-order valence-corrected chi connectivity index (χ0v) is 12.3. The minimum Gasteiger partial charge on any atom is -0.463 e. The maximum absolute atomic E-state index is 5.42. The number of hydrogen-bond donors (Lipinski definition) is 3. The monoisotopic (exact) mass is 294 g/mol. The Balaban J connectivity index is 2.13. The van der Waals surface area contributed by atoms with Crippen LogP contribution in [0.4, 0.5) is 11.9 Å². The molecule has 0 aliphatic rings. The molecule has 2 rings (SSSR count). The van der Waals surface area contributed by atoms with Gasteiger partial charge in [-0.25, -0.2) is 5.84 Å². The van der Waals surface area contributed by atoms with Crippen LogP contribution < -0.4 is 21.3 Å². The van der Waals surface area contributed by atoms with E-state index in [-0.39, 0.29) is 18.0 Å². The Kier molecular flexibility index (Phi) is 5.08. The van der Waals surface area contributed by atoms with Crippen LogP contribution in [0.5, 0.6) is 6.01 Å². The second-order valence-corrected chi connectivity index (χ2v) is 5.12. The Labute approximate surface area is 121 Å². The van der Waals surface area contributed by atoms with E-state index in [0.29, 0.717) is 12.6 Å². The van der Waals surface area contributed by atoms with Gasteiger partial charge in [-0.1, -0.05) is 13.0 Å². The van der Waals surface area contributed by atoms with E-state index in [0.717, 1.165) is 6.42 Å². The van der Waals surface area contributed by atoms with Crippen LogP contribution in [0.2, 0.25) is 0 Å². The summed E-state index contributed by atoms with van der Waals surface area (Å²) >= 11 is 1.67. The molecule has 0 fully saturated rings. The fourth-order valence-corrected chi connectivity index (χ4v) is 2.28. The molecule has 0 aliphatic carbocycles. The number of aromatic nitrogens is 3. The Hall–Kier alpha value is -1.93. The molecule has 0 amide bonds. The van der Waals surface area contributed by atoms with Crippen molar-refractivity contribution in [3.05, 3.63) is 22.4 Å². The maximum Gasteiger partial charge on any atom is 0.323 e. The summed E-state index contributed by atoms with van der Waals surface area (Å²) in [5.41, 5.74) is 2.41. The number of hydrogen-bond acceptors (Lipinski definition) is 8. The van der Waals surface area contributed by atoms with Crippen molar-refractivity contribution < 1.29 is 4.74 Å². The third kappa shape index (κ3) is 3.78. The van der Waals surface area contributed by atoms with Crippen molar-refractivity contribution in [2.24, 2.45) is 5.84 Å². The first-order valence-corrected chi connectivity index (χ1v) is 7.26. The highest BCUT2D eigenvalue weighted by Gasteiger charge is 2.11. The molecule has 2 heterocycles. The van der Waals surface area contributed by atoms with Crippen molar-refractivity contribution in [3.63, 3.8) is 0 Å². The van der Waals surface area contributed by atoms with Gasteiger partial charge in [0.25, 0.3) is 0 Å². The van der Waals surface area contributed by atoms with Gasteiger partial charge < -0.3 is 10.1 Å². The molecule has 0 spiro atoms. The summed E-state index contributed by atoms with van der Waals surface area (Å²) in [5, 5.41) is 5.24. The van der Waals surface area contributed by atoms with Crippen LogP contribution in [-0.4, -0.2) is 21.6 Å². The fourth-order valence-electron chi connectivity index (χ4n) is 1.55. The molecule has 0 radical (unpaired) electrons. The average molecular weight is 294 g/mol. The SMILES string of the molecule is CCCOc1nc(NN)nc(NC(C)c2cccs2)n1. The van der Waals surface area contributed by atoms with Gasteiger partial charge in [0.2, 0.25) is 11.9 Å². The van der Waals surface area contributed by atoms with Crippen LogP contribution in [0.25, 0.3) is 0 Å². The first-order chi connectivity index (χ1) is 9.72. The third-order valence-electron chi connectivity index (χ3n) is 2.49. The first-order valence-electron chi connectivity index (χ1n) is 6.38. The van der Waals surface area contributed by atoms with Crippen molar-refractivity contribution in [3.8, 4) is 6.01 Å². The van der Waals surface area contributed by atoms with E-state index in [4.69, 9.17) is 10.6 Å². The number of nitrogens with one attached hydrogen (secondary N) is 2. The lowest BCUT2D eigenvalue weighted by Crippen LogP contribution is -2.15. The Bertz CT molecular complexity index is 533. The van der Waals surface area contributed by atoms with Crippen LogP contribution in [0.3, 0.4) is 0 Å². The summed E-state index contributed by atoms with van der Waals surface area (Å²) in [5.74, 6) is 6.06. The fraction of sp³-hybridized carbons (Fsp3) is 0.417. The molecule has 0 saturated heterocycles. The number of thiophene rings is 1. The minimum atomic E-state index is 0.0991. The molecule has 2 aromatic rings. The van der Waals surface area contributed by atoms with Crippen LogP contribution >= 0.6 is 11.3 Å². The molecule has 4 N–H and O–H groups in total. The molecule has 8 heteroatoms. The minimum absolute atomic E-state index is 0.0991. The molecule has 108 valence electrons. The molecule has 7 nitrogen and oxygen atoms in total. The second-order valence-electron chi connectivity index (χ2n) is 4.14. The predicted octanol–water partition coefficient (Wildman–Crippen LogP) is 2.18. The highest BCUT2D eigenvalue weighted by molar-refractivity contribution is 7.10. The molecular formula is C12H18N6OS. The molecule has 0 aromatic carbocycles. The van der Waals surface area contributed by atoms with E-state index < -0.39 is 0 Å². The number of nitrogen functional groups attached to an aromatic ring is 1. The van der Waals surface area contributed by atoms with Gasteiger partial charge in [-0.3, -0.25) is 5.43 Å². The van der Waals surface area contributed by atoms with Crippen LogP contribution in [0.1, 0.15) is 31.2 Å². The Morgan fingerprint density at radius 3 is 2.80 bits per heavy atom. The average Bonchev–Trinajstić information content (AvgIpc) is 2.99. The van der Waals surface area contributed by atoms with Gasteiger partial charge in [0.15, 0.2) is 0 Å². The molecular weight excluding hydrogens is 276 g/mol. The number of rotatable bonds is 7. The highest BCUT2D eigenvalue weighted by atomic mass is 32.1. The Morgan fingerprint density at radius 2 is 2.15 bits per heavy atom. The summed E-state index contributed by atoms with van der Waals surface area (Å²) in [6.07, 6.45) is 0.880. The molecule has 0 aliphatic heterocycles. The van der Waals surface area contributed by atoms with E-state index in [9.17, 15) is 0 Å².